The van der Waals surface area contributed by atoms with E-state index in [0.29, 0.717) is 37.4 Å². The maximum atomic E-state index is 12.8. The van der Waals surface area contributed by atoms with E-state index in [2.05, 4.69) is 6.92 Å². The zero-order valence-electron chi connectivity index (χ0n) is 16.1. The quantitative estimate of drug-likeness (QED) is 0.738. The van der Waals surface area contributed by atoms with Crippen molar-refractivity contribution in [1.29, 1.82) is 0 Å². The summed E-state index contributed by atoms with van der Waals surface area (Å²) in [5.41, 5.74) is 0.494. The molecule has 1 atom stereocenters. The number of nitrogens with zero attached hydrogens (tertiary/aromatic N) is 2. The van der Waals surface area contributed by atoms with Crippen LogP contribution < -0.4 is 0 Å². The second kappa shape index (κ2) is 8.10. The first-order valence-electron chi connectivity index (χ1n) is 9.69. The van der Waals surface area contributed by atoms with Crippen molar-refractivity contribution in [3.63, 3.8) is 0 Å². The molecule has 6 nitrogen and oxygen atoms in total. The SMILES string of the molecule is CC(=O)c1ccc(S(=O)(=O)N2CCC(C(=O)N3CCC[C@@H](C)C3)CC2)cc1. The van der Waals surface area contributed by atoms with Gasteiger partial charge in [-0.2, -0.15) is 4.31 Å². The number of carbonyl (C=O) groups excluding carboxylic acids is 2. The van der Waals surface area contributed by atoms with Crippen LogP contribution in [-0.2, 0) is 14.8 Å². The third kappa shape index (κ3) is 4.41. The first-order chi connectivity index (χ1) is 12.8. The average molecular weight is 393 g/mol. The summed E-state index contributed by atoms with van der Waals surface area (Å²) in [6, 6.07) is 6.06. The molecule has 2 saturated heterocycles. The maximum Gasteiger partial charge on any atom is 0.243 e. The summed E-state index contributed by atoms with van der Waals surface area (Å²) in [6.45, 7) is 5.98. The standard InChI is InChI=1S/C20H28N2O4S/c1-15-4-3-11-21(14-15)20(24)18-9-12-22(13-10-18)27(25,26)19-7-5-17(6-8-19)16(2)23/h5-8,15,18H,3-4,9-14H2,1-2H3/t15-/m1/s1. The minimum atomic E-state index is -3.59. The Bertz CT molecular complexity index is 796. The van der Waals surface area contributed by atoms with Crippen LogP contribution in [0.5, 0.6) is 0 Å². The van der Waals surface area contributed by atoms with Gasteiger partial charge in [-0.3, -0.25) is 9.59 Å². The van der Waals surface area contributed by atoms with Crippen LogP contribution in [0.1, 0.15) is 49.9 Å². The largest absolute Gasteiger partial charge is 0.342 e. The van der Waals surface area contributed by atoms with Crippen LogP contribution in [-0.4, -0.2) is 55.5 Å². The Balaban J connectivity index is 1.62. The van der Waals surface area contributed by atoms with Crippen LogP contribution in [0, 0.1) is 11.8 Å². The zero-order valence-corrected chi connectivity index (χ0v) is 16.9. The van der Waals surface area contributed by atoms with E-state index in [9.17, 15) is 18.0 Å². The van der Waals surface area contributed by atoms with E-state index in [0.717, 1.165) is 19.5 Å². The molecule has 2 fully saturated rings. The Morgan fingerprint density at radius 2 is 1.63 bits per heavy atom. The summed E-state index contributed by atoms with van der Waals surface area (Å²) in [4.78, 5) is 26.3. The fraction of sp³-hybridized carbons (Fsp3) is 0.600. The van der Waals surface area contributed by atoms with E-state index in [-0.39, 0.29) is 22.5 Å². The molecule has 2 aliphatic heterocycles. The first-order valence-corrected chi connectivity index (χ1v) is 11.1. The molecule has 0 saturated carbocycles. The molecular weight excluding hydrogens is 364 g/mol. The van der Waals surface area contributed by atoms with Gasteiger partial charge in [0.05, 0.1) is 4.90 Å². The number of benzene rings is 1. The molecule has 0 aliphatic carbocycles. The minimum Gasteiger partial charge on any atom is -0.342 e. The summed E-state index contributed by atoms with van der Waals surface area (Å²) in [6.07, 6.45) is 3.35. The fourth-order valence-electron chi connectivity index (χ4n) is 4.00. The monoisotopic (exact) mass is 392 g/mol. The van der Waals surface area contributed by atoms with Crippen LogP contribution in [0.2, 0.25) is 0 Å². The predicted octanol–water partition coefficient (Wildman–Crippen LogP) is 2.55. The van der Waals surface area contributed by atoms with Crippen molar-refractivity contribution in [2.45, 2.75) is 44.4 Å². The lowest BCUT2D eigenvalue weighted by Crippen LogP contribution is -2.46. The molecule has 2 heterocycles. The predicted molar refractivity (Wildman–Crippen MR) is 103 cm³/mol. The molecule has 148 valence electrons. The van der Waals surface area contributed by atoms with Gasteiger partial charge in [0.2, 0.25) is 15.9 Å². The number of ketones is 1. The molecule has 1 aromatic carbocycles. The molecule has 0 spiro atoms. The summed E-state index contributed by atoms with van der Waals surface area (Å²) in [7, 11) is -3.59. The van der Waals surface area contributed by atoms with Crippen LogP contribution in [0.15, 0.2) is 29.2 Å². The van der Waals surface area contributed by atoms with Crippen molar-refractivity contribution in [2.24, 2.45) is 11.8 Å². The van der Waals surface area contributed by atoms with Gasteiger partial charge in [0.25, 0.3) is 0 Å². The van der Waals surface area contributed by atoms with E-state index >= 15 is 0 Å². The highest BCUT2D eigenvalue weighted by atomic mass is 32.2. The lowest BCUT2D eigenvalue weighted by Gasteiger charge is -2.36. The topological polar surface area (TPSA) is 74.8 Å². The third-order valence-electron chi connectivity index (χ3n) is 5.67. The molecule has 0 radical (unpaired) electrons. The number of hydrogen-bond donors (Lipinski definition) is 0. The van der Waals surface area contributed by atoms with Gasteiger partial charge >= 0.3 is 0 Å². The van der Waals surface area contributed by atoms with Gasteiger partial charge in [0.15, 0.2) is 5.78 Å². The van der Waals surface area contributed by atoms with Gasteiger partial charge in [0.1, 0.15) is 0 Å². The molecule has 27 heavy (non-hydrogen) atoms. The molecule has 1 amide bonds. The molecule has 0 bridgehead atoms. The van der Waals surface area contributed by atoms with Gasteiger partial charge in [-0.15, -0.1) is 0 Å². The number of piperidine rings is 2. The number of rotatable bonds is 4. The summed E-state index contributed by atoms with van der Waals surface area (Å²) >= 11 is 0. The molecule has 0 aromatic heterocycles. The number of carbonyl (C=O) groups is 2. The van der Waals surface area contributed by atoms with E-state index < -0.39 is 10.0 Å². The first kappa shape index (κ1) is 20.0. The Morgan fingerprint density at radius 3 is 2.19 bits per heavy atom. The van der Waals surface area contributed by atoms with Gasteiger partial charge in [0, 0.05) is 37.7 Å². The normalized spacial score (nSPS) is 22.6. The second-order valence-corrected chi connectivity index (χ2v) is 9.73. The Morgan fingerprint density at radius 1 is 1.00 bits per heavy atom. The summed E-state index contributed by atoms with van der Waals surface area (Å²) in [5, 5.41) is 0. The highest BCUT2D eigenvalue weighted by Crippen LogP contribution is 2.27. The van der Waals surface area contributed by atoms with E-state index in [1.807, 2.05) is 4.90 Å². The molecule has 0 N–H and O–H groups in total. The molecule has 3 rings (SSSR count). The number of amides is 1. The maximum absolute atomic E-state index is 12.8. The van der Waals surface area contributed by atoms with Crippen LogP contribution in [0.25, 0.3) is 0 Å². The lowest BCUT2D eigenvalue weighted by molar-refractivity contribution is -0.138. The summed E-state index contributed by atoms with van der Waals surface area (Å²) < 4.78 is 27.1. The molecule has 0 unspecified atom stereocenters. The van der Waals surface area contributed by atoms with E-state index in [1.54, 1.807) is 12.1 Å². The van der Waals surface area contributed by atoms with Crippen molar-refractivity contribution in [1.82, 2.24) is 9.21 Å². The van der Waals surface area contributed by atoms with Crippen LogP contribution in [0.4, 0.5) is 0 Å². The molecule has 1 aromatic rings. The fourth-order valence-corrected chi connectivity index (χ4v) is 5.47. The smallest absolute Gasteiger partial charge is 0.243 e. The van der Waals surface area contributed by atoms with Crippen LogP contribution >= 0.6 is 0 Å². The van der Waals surface area contributed by atoms with Crippen LogP contribution in [0.3, 0.4) is 0 Å². The molecule has 7 heteroatoms. The van der Waals surface area contributed by atoms with Crippen molar-refractivity contribution in [3.8, 4) is 0 Å². The second-order valence-electron chi connectivity index (χ2n) is 7.79. The minimum absolute atomic E-state index is 0.0816. The van der Waals surface area contributed by atoms with Crippen molar-refractivity contribution in [3.05, 3.63) is 29.8 Å². The molecular formula is C20H28N2O4S. The van der Waals surface area contributed by atoms with Gasteiger partial charge in [-0.25, -0.2) is 8.42 Å². The lowest BCUT2D eigenvalue weighted by atomic mass is 9.93. The third-order valence-corrected chi connectivity index (χ3v) is 7.58. The zero-order chi connectivity index (χ0) is 19.6. The Hall–Kier alpha value is -1.73. The number of likely N-dealkylation sites (tertiary alicyclic amines) is 1. The van der Waals surface area contributed by atoms with Gasteiger partial charge < -0.3 is 4.90 Å². The average Bonchev–Trinajstić information content (AvgIpc) is 2.67. The highest BCUT2D eigenvalue weighted by molar-refractivity contribution is 7.89. The van der Waals surface area contributed by atoms with Crippen molar-refractivity contribution < 1.29 is 18.0 Å². The Kier molecular flexibility index (Phi) is 6.01. The van der Waals surface area contributed by atoms with Crippen molar-refractivity contribution in [2.75, 3.05) is 26.2 Å². The molecule has 2 aliphatic rings. The van der Waals surface area contributed by atoms with E-state index in [4.69, 9.17) is 0 Å². The number of hydrogen-bond acceptors (Lipinski definition) is 4. The van der Waals surface area contributed by atoms with Crippen molar-refractivity contribution >= 4 is 21.7 Å². The number of sulfonamides is 1. The van der Waals surface area contributed by atoms with Gasteiger partial charge in [-0.1, -0.05) is 19.1 Å². The summed E-state index contributed by atoms with van der Waals surface area (Å²) in [5.74, 6) is 0.553. The Labute approximate surface area is 161 Å². The van der Waals surface area contributed by atoms with E-state index in [1.165, 1.54) is 29.8 Å². The highest BCUT2D eigenvalue weighted by Gasteiger charge is 2.34. The van der Waals surface area contributed by atoms with Gasteiger partial charge in [-0.05, 0) is 50.7 Å². The number of Topliss-reactive ketones (excluding diaryl/α,β-unsaturated/α-hetero) is 1.